The van der Waals surface area contributed by atoms with E-state index >= 15 is 0 Å². The Morgan fingerprint density at radius 1 is 1.04 bits per heavy atom. The fourth-order valence-corrected chi connectivity index (χ4v) is 4.82. The van der Waals surface area contributed by atoms with Crippen molar-refractivity contribution in [2.24, 2.45) is 0 Å². The summed E-state index contributed by atoms with van der Waals surface area (Å²) in [4.78, 5) is 13.4. The molecular weight excluding hydrogens is 374 g/mol. The summed E-state index contributed by atoms with van der Waals surface area (Å²) in [6, 6.07) is 17.3. The predicted molar refractivity (Wildman–Crippen MR) is 110 cm³/mol. The number of sulfone groups is 1. The summed E-state index contributed by atoms with van der Waals surface area (Å²) in [5.41, 5.74) is 2.61. The molecule has 3 heterocycles. The van der Waals surface area contributed by atoms with Gasteiger partial charge in [-0.25, -0.2) is 13.4 Å². The molecule has 0 spiro atoms. The van der Waals surface area contributed by atoms with E-state index < -0.39 is 9.84 Å². The van der Waals surface area contributed by atoms with Crippen LogP contribution in [-0.2, 0) is 16.4 Å². The Morgan fingerprint density at radius 3 is 2.57 bits per heavy atom. The third kappa shape index (κ3) is 4.64. The third-order valence-corrected chi connectivity index (χ3v) is 6.30. The molecule has 144 valence electrons. The minimum Gasteiger partial charge on any atom is -0.366 e. The SMILES string of the molecule is O=S1(=O)CCC(Nc2cc(-c3ccccc3)nc(NCc3ccccn3)n2)C1. The normalized spacial score (nSPS) is 17.9. The molecule has 1 aliphatic heterocycles. The van der Waals surface area contributed by atoms with E-state index in [-0.39, 0.29) is 17.5 Å². The highest BCUT2D eigenvalue weighted by atomic mass is 32.2. The van der Waals surface area contributed by atoms with Crippen LogP contribution in [0.4, 0.5) is 11.8 Å². The van der Waals surface area contributed by atoms with Crippen molar-refractivity contribution < 1.29 is 8.42 Å². The average Bonchev–Trinajstić information content (AvgIpc) is 3.06. The number of hydrogen-bond acceptors (Lipinski definition) is 7. The molecule has 2 N–H and O–H groups in total. The van der Waals surface area contributed by atoms with Crippen molar-refractivity contribution in [1.82, 2.24) is 15.0 Å². The number of anilines is 2. The van der Waals surface area contributed by atoms with E-state index in [0.717, 1.165) is 17.0 Å². The van der Waals surface area contributed by atoms with Crippen LogP contribution in [-0.4, -0.2) is 40.9 Å². The highest BCUT2D eigenvalue weighted by Crippen LogP contribution is 2.23. The van der Waals surface area contributed by atoms with E-state index in [1.165, 1.54) is 0 Å². The zero-order valence-corrected chi connectivity index (χ0v) is 16.1. The summed E-state index contributed by atoms with van der Waals surface area (Å²) in [7, 11) is -2.96. The van der Waals surface area contributed by atoms with Crippen LogP contribution in [0.3, 0.4) is 0 Å². The fourth-order valence-electron chi connectivity index (χ4n) is 3.15. The van der Waals surface area contributed by atoms with Crippen molar-refractivity contribution in [3.63, 3.8) is 0 Å². The van der Waals surface area contributed by atoms with Crippen molar-refractivity contribution in [2.45, 2.75) is 19.0 Å². The Hall–Kier alpha value is -3.00. The standard InChI is InChI=1S/C20H21N5O2S/c26-28(27)11-9-17(14-28)23-19-12-18(15-6-2-1-3-7-15)24-20(25-19)22-13-16-8-4-5-10-21-16/h1-8,10,12,17H,9,11,13-14H2,(H2,22,23,24,25). The first kappa shape index (κ1) is 18.4. The summed E-state index contributed by atoms with van der Waals surface area (Å²) in [5, 5.41) is 6.47. The van der Waals surface area contributed by atoms with E-state index in [4.69, 9.17) is 0 Å². The van der Waals surface area contributed by atoms with Gasteiger partial charge in [0.05, 0.1) is 29.4 Å². The van der Waals surface area contributed by atoms with E-state index in [9.17, 15) is 8.42 Å². The number of hydrogen-bond donors (Lipinski definition) is 2. The third-order valence-electron chi connectivity index (χ3n) is 4.53. The molecular formula is C20H21N5O2S. The molecule has 0 bridgehead atoms. The number of benzene rings is 1. The molecule has 1 atom stereocenters. The van der Waals surface area contributed by atoms with Crippen molar-refractivity contribution in [1.29, 1.82) is 0 Å². The number of aromatic nitrogens is 3. The molecule has 7 nitrogen and oxygen atoms in total. The zero-order valence-electron chi connectivity index (χ0n) is 15.2. The molecule has 2 aromatic heterocycles. The van der Waals surface area contributed by atoms with Crippen LogP contribution in [0.25, 0.3) is 11.3 Å². The molecule has 1 fully saturated rings. The maximum Gasteiger partial charge on any atom is 0.225 e. The lowest BCUT2D eigenvalue weighted by molar-refractivity contribution is 0.602. The van der Waals surface area contributed by atoms with Crippen molar-refractivity contribution in [3.8, 4) is 11.3 Å². The van der Waals surface area contributed by atoms with Crippen LogP contribution in [0.1, 0.15) is 12.1 Å². The molecule has 1 aromatic carbocycles. The van der Waals surface area contributed by atoms with Crippen LogP contribution in [0, 0.1) is 0 Å². The Labute approximate surface area is 164 Å². The molecule has 4 rings (SSSR count). The second-order valence-corrected chi connectivity index (χ2v) is 8.98. The molecule has 0 aliphatic carbocycles. The van der Waals surface area contributed by atoms with Gasteiger partial charge in [0.2, 0.25) is 5.95 Å². The highest BCUT2D eigenvalue weighted by molar-refractivity contribution is 7.91. The van der Waals surface area contributed by atoms with Crippen LogP contribution in [0.5, 0.6) is 0 Å². The fraction of sp³-hybridized carbons (Fsp3) is 0.250. The second kappa shape index (κ2) is 7.93. The lowest BCUT2D eigenvalue weighted by Gasteiger charge is -2.14. The molecule has 0 radical (unpaired) electrons. The van der Waals surface area contributed by atoms with Gasteiger partial charge in [-0.2, -0.15) is 4.98 Å². The average molecular weight is 395 g/mol. The minimum atomic E-state index is -2.96. The molecule has 0 saturated carbocycles. The Morgan fingerprint density at radius 2 is 1.86 bits per heavy atom. The number of pyridine rings is 1. The minimum absolute atomic E-state index is 0.132. The van der Waals surface area contributed by atoms with E-state index in [2.05, 4.69) is 25.6 Å². The van der Waals surface area contributed by atoms with Gasteiger partial charge in [0.1, 0.15) is 5.82 Å². The maximum atomic E-state index is 11.8. The molecule has 1 unspecified atom stereocenters. The number of nitrogens with one attached hydrogen (secondary N) is 2. The summed E-state index contributed by atoms with van der Waals surface area (Å²) in [6.45, 7) is 0.496. The van der Waals surface area contributed by atoms with Crippen molar-refractivity contribution in [3.05, 3.63) is 66.5 Å². The van der Waals surface area contributed by atoms with Crippen LogP contribution in [0.2, 0.25) is 0 Å². The number of nitrogens with zero attached hydrogens (tertiary/aromatic N) is 3. The van der Waals surface area contributed by atoms with Crippen LogP contribution >= 0.6 is 0 Å². The predicted octanol–water partition coefficient (Wildman–Crippen LogP) is 2.75. The van der Waals surface area contributed by atoms with Gasteiger partial charge in [-0.05, 0) is 18.6 Å². The Bertz CT molecular complexity index is 1040. The van der Waals surface area contributed by atoms with E-state index in [1.807, 2.05) is 54.6 Å². The van der Waals surface area contributed by atoms with Gasteiger partial charge in [0.25, 0.3) is 0 Å². The smallest absolute Gasteiger partial charge is 0.225 e. The lowest BCUT2D eigenvalue weighted by Crippen LogP contribution is -2.21. The summed E-state index contributed by atoms with van der Waals surface area (Å²) in [5.74, 6) is 1.43. The maximum absolute atomic E-state index is 11.8. The quantitative estimate of drug-likeness (QED) is 0.662. The van der Waals surface area contributed by atoms with Crippen molar-refractivity contribution in [2.75, 3.05) is 22.1 Å². The summed E-state index contributed by atoms with van der Waals surface area (Å²) < 4.78 is 23.5. The highest BCUT2D eigenvalue weighted by Gasteiger charge is 2.28. The second-order valence-electron chi connectivity index (χ2n) is 6.75. The van der Waals surface area contributed by atoms with Gasteiger partial charge in [-0.3, -0.25) is 4.98 Å². The Balaban J connectivity index is 1.59. The molecule has 1 saturated heterocycles. The summed E-state index contributed by atoms with van der Waals surface area (Å²) in [6.07, 6.45) is 2.33. The first-order chi connectivity index (χ1) is 13.6. The molecule has 3 aromatic rings. The van der Waals surface area contributed by atoms with Crippen molar-refractivity contribution >= 4 is 21.6 Å². The largest absolute Gasteiger partial charge is 0.366 e. The lowest BCUT2D eigenvalue weighted by atomic mass is 10.1. The summed E-state index contributed by atoms with van der Waals surface area (Å²) >= 11 is 0. The van der Waals surface area contributed by atoms with E-state index in [0.29, 0.717) is 24.7 Å². The van der Waals surface area contributed by atoms with Gasteiger partial charge in [-0.1, -0.05) is 36.4 Å². The monoisotopic (exact) mass is 395 g/mol. The first-order valence-corrected chi connectivity index (χ1v) is 10.9. The molecule has 28 heavy (non-hydrogen) atoms. The number of rotatable bonds is 6. The zero-order chi connectivity index (χ0) is 19.4. The van der Waals surface area contributed by atoms with Gasteiger partial charge in [0, 0.05) is 23.9 Å². The van der Waals surface area contributed by atoms with Gasteiger partial charge in [0.15, 0.2) is 9.84 Å². The molecule has 8 heteroatoms. The van der Waals surface area contributed by atoms with Crippen LogP contribution in [0.15, 0.2) is 60.8 Å². The van der Waals surface area contributed by atoms with Gasteiger partial charge < -0.3 is 10.6 Å². The topological polar surface area (TPSA) is 96.9 Å². The van der Waals surface area contributed by atoms with Crippen LogP contribution < -0.4 is 10.6 Å². The first-order valence-electron chi connectivity index (χ1n) is 9.13. The van der Waals surface area contributed by atoms with Gasteiger partial charge >= 0.3 is 0 Å². The molecule has 1 aliphatic rings. The van der Waals surface area contributed by atoms with Gasteiger partial charge in [-0.15, -0.1) is 0 Å². The Kier molecular flexibility index (Phi) is 5.21. The van der Waals surface area contributed by atoms with E-state index in [1.54, 1.807) is 6.20 Å². The molecule has 0 amide bonds.